The van der Waals surface area contributed by atoms with Gasteiger partial charge < -0.3 is 15.2 Å². The van der Waals surface area contributed by atoms with Crippen LogP contribution in [0.4, 0.5) is 0 Å². The third-order valence-electron chi connectivity index (χ3n) is 8.15. The smallest absolute Gasteiger partial charge is 0.355 e. The van der Waals surface area contributed by atoms with Gasteiger partial charge in [0.2, 0.25) is 5.91 Å². The van der Waals surface area contributed by atoms with Crippen LogP contribution in [0.3, 0.4) is 0 Å². The van der Waals surface area contributed by atoms with Crippen molar-refractivity contribution in [3.8, 4) is 0 Å². The minimum atomic E-state index is -1.17. The number of aromatic nitrogens is 1. The number of thiazole rings is 1. The molecule has 1 aliphatic heterocycles. The Morgan fingerprint density at radius 3 is 2.44 bits per heavy atom. The van der Waals surface area contributed by atoms with E-state index in [1.807, 2.05) is 39.6 Å². The lowest BCUT2D eigenvalue weighted by molar-refractivity contribution is -0.213. The van der Waals surface area contributed by atoms with Crippen LogP contribution in [-0.2, 0) is 24.0 Å². The molecule has 0 radical (unpaired) electrons. The van der Waals surface area contributed by atoms with Gasteiger partial charge in [-0.2, -0.15) is 0 Å². The first-order chi connectivity index (χ1) is 20.4. The van der Waals surface area contributed by atoms with Crippen LogP contribution in [-0.4, -0.2) is 82.1 Å². The Morgan fingerprint density at radius 1 is 1.16 bits per heavy atom. The Balaban J connectivity index is 2.43. The number of hydrogen-bond acceptors (Lipinski definition) is 9. The molecule has 0 saturated carbocycles. The molecule has 2 rings (SSSR count). The number of rotatable bonds is 18. The molecule has 0 aromatic carbocycles. The Kier molecular flexibility index (Phi) is 15.6. The second kappa shape index (κ2) is 18.3. The molecule has 12 heteroatoms. The van der Waals surface area contributed by atoms with Crippen molar-refractivity contribution in [2.75, 3.05) is 20.2 Å². The van der Waals surface area contributed by atoms with Gasteiger partial charge in [-0.15, -0.1) is 11.3 Å². The molecule has 2 heterocycles. The molecule has 11 nitrogen and oxygen atoms in total. The van der Waals surface area contributed by atoms with E-state index in [1.165, 1.54) is 17.4 Å². The van der Waals surface area contributed by atoms with Gasteiger partial charge in [-0.3, -0.25) is 24.1 Å². The second-order valence-corrected chi connectivity index (χ2v) is 12.8. The van der Waals surface area contributed by atoms with Crippen molar-refractivity contribution in [3.05, 3.63) is 16.1 Å². The number of nitrogens with one attached hydrogen (secondary N) is 1. The fourth-order valence-corrected chi connectivity index (χ4v) is 6.12. The van der Waals surface area contributed by atoms with E-state index in [1.54, 1.807) is 0 Å². The van der Waals surface area contributed by atoms with Gasteiger partial charge in [0.05, 0.1) is 18.7 Å². The maximum atomic E-state index is 14.4. The zero-order valence-corrected chi connectivity index (χ0v) is 27.8. The number of likely N-dealkylation sites (tertiary alicyclic amines) is 1. The predicted molar refractivity (Wildman–Crippen MR) is 165 cm³/mol. The first-order valence-corrected chi connectivity index (χ1v) is 16.6. The number of carboxylic acids is 1. The normalized spacial score (nSPS) is 18.5. The minimum Gasteiger partial charge on any atom is -0.476 e. The summed E-state index contributed by atoms with van der Waals surface area (Å²) in [5.41, 5.74) is -0.134. The van der Waals surface area contributed by atoms with E-state index in [9.17, 15) is 24.3 Å². The van der Waals surface area contributed by atoms with Gasteiger partial charge in [0.25, 0.3) is 5.91 Å². The molecule has 2 N–H and O–H groups in total. The van der Waals surface area contributed by atoms with Gasteiger partial charge in [0.15, 0.2) is 11.8 Å². The Hall–Kier alpha value is -2.57. The maximum absolute atomic E-state index is 14.4. The highest BCUT2D eigenvalue weighted by Crippen LogP contribution is 2.32. The van der Waals surface area contributed by atoms with Crippen LogP contribution in [0, 0.1) is 11.8 Å². The number of carbonyl (C=O) groups is 4. The lowest BCUT2D eigenvalue weighted by atomic mass is 9.93. The molecular weight excluding hydrogens is 572 g/mol. The van der Waals surface area contributed by atoms with Crippen molar-refractivity contribution >= 4 is 35.1 Å². The highest BCUT2D eigenvalue weighted by atomic mass is 32.1. The first-order valence-electron chi connectivity index (χ1n) is 15.7. The van der Waals surface area contributed by atoms with E-state index < -0.39 is 30.1 Å². The summed E-state index contributed by atoms with van der Waals surface area (Å²) in [6, 6.07) is -1.66. The number of carboxylic acid groups (broad SMARTS) is 1. The molecule has 5 atom stereocenters. The number of ether oxygens (including phenoxy) is 1. The van der Waals surface area contributed by atoms with Crippen molar-refractivity contribution in [3.63, 3.8) is 0 Å². The molecule has 0 spiro atoms. The van der Waals surface area contributed by atoms with Crippen molar-refractivity contribution in [1.29, 1.82) is 0 Å². The molecule has 1 saturated heterocycles. The largest absolute Gasteiger partial charge is 0.476 e. The molecular formula is C31H52N4O7S. The topological polar surface area (TPSA) is 138 Å². The van der Waals surface area contributed by atoms with Gasteiger partial charge in [0, 0.05) is 18.7 Å². The predicted octanol–water partition coefficient (Wildman–Crippen LogP) is 5.22. The summed E-state index contributed by atoms with van der Waals surface area (Å²) in [7, 11) is 1.94. The Labute approximate surface area is 260 Å². The van der Waals surface area contributed by atoms with E-state index >= 15 is 0 Å². The fourth-order valence-electron chi connectivity index (χ4n) is 5.28. The van der Waals surface area contributed by atoms with E-state index in [0.717, 1.165) is 62.8 Å². The lowest BCUT2D eigenvalue weighted by Crippen LogP contribution is -2.58. The van der Waals surface area contributed by atoms with Gasteiger partial charge in [-0.1, -0.05) is 66.7 Å². The third-order valence-corrected chi connectivity index (χ3v) is 9.08. The van der Waals surface area contributed by atoms with Gasteiger partial charge >= 0.3 is 11.9 Å². The second-order valence-electron chi connectivity index (χ2n) is 11.9. The van der Waals surface area contributed by atoms with Crippen LogP contribution in [0.1, 0.15) is 121 Å². The van der Waals surface area contributed by atoms with Crippen LogP contribution in [0.5, 0.6) is 0 Å². The number of hydroxylamine groups is 2. The third kappa shape index (κ3) is 11.1. The number of likely N-dealkylation sites (N-methyl/N-ethyl adjacent to an activating group) is 1. The maximum Gasteiger partial charge on any atom is 0.355 e. The van der Waals surface area contributed by atoms with E-state index in [-0.39, 0.29) is 41.8 Å². The molecule has 0 aliphatic carbocycles. The number of nitrogens with zero attached hydrogens (tertiary/aromatic N) is 3. The summed E-state index contributed by atoms with van der Waals surface area (Å²) in [4.78, 5) is 64.0. The summed E-state index contributed by atoms with van der Waals surface area (Å²) in [5, 5.41) is 15.6. The van der Waals surface area contributed by atoms with Crippen LogP contribution in [0.2, 0.25) is 0 Å². The van der Waals surface area contributed by atoms with Crippen LogP contribution >= 0.6 is 11.3 Å². The van der Waals surface area contributed by atoms with Crippen molar-refractivity contribution in [2.24, 2.45) is 11.8 Å². The molecule has 1 fully saturated rings. The summed E-state index contributed by atoms with van der Waals surface area (Å²) in [6.07, 6.45) is 6.51. The molecule has 244 valence electrons. The summed E-state index contributed by atoms with van der Waals surface area (Å²) < 4.78 is 5.63. The van der Waals surface area contributed by atoms with E-state index in [2.05, 4.69) is 17.2 Å². The number of piperidine rings is 1. The quantitative estimate of drug-likeness (QED) is 0.128. The first kappa shape index (κ1) is 36.6. The Bertz CT molecular complexity index is 1050. The monoisotopic (exact) mass is 624 g/mol. The number of hydrogen-bond donors (Lipinski definition) is 2. The molecule has 1 aromatic rings. The molecule has 1 aliphatic rings. The van der Waals surface area contributed by atoms with E-state index in [0.29, 0.717) is 18.0 Å². The van der Waals surface area contributed by atoms with Gasteiger partial charge in [-0.05, 0) is 44.7 Å². The molecule has 0 unspecified atom stereocenters. The van der Waals surface area contributed by atoms with Crippen molar-refractivity contribution < 1.29 is 33.9 Å². The highest BCUT2D eigenvalue weighted by Gasteiger charge is 2.39. The molecule has 43 heavy (non-hydrogen) atoms. The lowest BCUT2D eigenvalue weighted by Gasteiger charge is -2.39. The minimum absolute atomic E-state index is 0.130. The number of carbonyl (C=O) groups excluding carboxylic acids is 3. The fraction of sp³-hybridized carbons (Fsp3) is 0.774. The highest BCUT2D eigenvalue weighted by molar-refractivity contribution is 7.09. The zero-order chi connectivity index (χ0) is 32.1. The van der Waals surface area contributed by atoms with Crippen LogP contribution in [0.15, 0.2) is 5.38 Å². The number of aromatic carboxylic acids is 1. The number of esters is 1. The SMILES string of the molecule is CCCCCCON(C(=O)[C@@H](NC(=O)[C@H]1CCCCN1C)[C@@H](C)CC)[C@H](C[C@@H](OC(C)=O)c1nc(C(=O)O)cs1)C(C)C. The van der Waals surface area contributed by atoms with Gasteiger partial charge in [-0.25, -0.2) is 14.8 Å². The van der Waals surface area contributed by atoms with Crippen LogP contribution < -0.4 is 5.32 Å². The van der Waals surface area contributed by atoms with E-state index in [4.69, 9.17) is 9.57 Å². The van der Waals surface area contributed by atoms with Gasteiger partial charge in [0.1, 0.15) is 11.0 Å². The number of unbranched alkanes of at least 4 members (excludes halogenated alkanes) is 3. The Morgan fingerprint density at radius 2 is 1.88 bits per heavy atom. The average molecular weight is 625 g/mol. The van der Waals surface area contributed by atoms with Crippen LogP contribution in [0.25, 0.3) is 0 Å². The summed E-state index contributed by atoms with van der Waals surface area (Å²) in [5.74, 6) is -2.51. The summed E-state index contributed by atoms with van der Waals surface area (Å²) >= 11 is 1.09. The zero-order valence-electron chi connectivity index (χ0n) is 27.0. The standard InChI is InChI=1S/C31H52N4O7S/c1-8-10-11-14-17-41-35(30(38)27(21(5)9-2)33-28(37)24-15-12-13-16-34(24)7)25(20(3)4)18-26(42-22(6)36)29-32-23(19-43-29)31(39)40/h19-21,24-27H,8-18H2,1-7H3,(H,33,37)(H,39,40)/t21-,24+,25+,26+,27-/m0/s1. The molecule has 0 bridgehead atoms. The molecule has 2 amide bonds. The van der Waals surface area contributed by atoms with Crippen molar-refractivity contribution in [1.82, 2.24) is 20.3 Å². The molecule has 1 aromatic heterocycles. The average Bonchev–Trinajstić information content (AvgIpc) is 3.46. The number of amides is 2. The summed E-state index contributed by atoms with van der Waals surface area (Å²) in [6.45, 7) is 12.4. The van der Waals surface area contributed by atoms with Crippen molar-refractivity contribution in [2.45, 2.75) is 124 Å².